The van der Waals surface area contributed by atoms with Crippen LogP contribution in [0.2, 0.25) is 0 Å². The van der Waals surface area contributed by atoms with Crippen molar-refractivity contribution in [3.63, 3.8) is 0 Å². The summed E-state index contributed by atoms with van der Waals surface area (Å²) in [6.07, 6.45) is 6.28. The van der Waals surface area contributed by atoms with E-state index in [-0.39, 0.29) is 11.9 Å². The number of hydrogen-bond acceptors (Lipinski definition) is 3. The van der Waals surface area contributed by atoms with Crippen molar-refractivity contribution in [1.29, 1.82) is 0 Å². The van der Waals surface area contributed by atoms with E-state index in [1.807, 2.05) is 16.7 Å². The van der Waals surface area contributed by atoms with E-state index in [0.29, 0.717) is 6.42 Å². The van der Waals surface area contributed by atoms with Crippen molar-refractivity contribution in [2.24, 2.45) is 5.73 Å². The van der Waals surface area contributed by atoms with Gasteiger partial charge in [0.2, 0.25) is 5.91 Å². The smallest absolute Gasteiger partial charge is 0.224 e. The molecule has 1 saturated heterocycles. The van der Waals surface area contributed by atoms with Gasteiger partial charge in [0.05, 0.1) is 0 Å². The summed E-state index contributed by atoms with van der Waals surface area (Å²) < 4.78 is 0. The largest absolute Gasteiger partial charge is 0.341 e. The fourth-order valence-electron chi connectivity index (χ4n) is 1.74. The van der Waals surface area contributed by atoms with E-state index in [2.05, 4.69) is 6.26 Å². The predicted octanol–water partition coefficient (Wildman–Crippen LogP) is 1.08. The fourth-order valence-corrected chi connectivity index (χ4v) is 2.24. The van der Waals surface area contributed by atoms with Gasteiger partial charge < -0.3 is 10.6 Å². The minimum absolute atomic E-state index is 0.0775. The zero-order chi connectivity index (χ0) is 10.4. The highest BCUT2D eigenvalue weighted by atomic mass is 32.2. The number of nitrogens with zero attached hydrogens (tertiary/aromatic N) is 1. The maximum absolute atomic E-state index is 11.3. The molecular formula is C10H20N2OS. The van der Waals surface area contributed by atoms with E-state index in [4.69, 9.17) is 5.73 Å². The van der Waals surface area contributed by atoms with Gasteiger partial charge in [0.25, 0.3) is 0 Å². The summed E-state index contributed by atoms with van der Waals surface area (Å²) in [4.78, 5) is 13.3. The Bertz CT molecular complexity index is 187. The third kappa shape index (κ3) is 3.88. The second-order valence-electron chi connectivity index (χ2n) is 3.86. The molecule has 0 aromatic heterocycles. The molecule has 14 heavy (non-hydrogen) atoms. The van der Waals surface area contributed by atoms with Crippen LogP contribution in [-0.2, 0) is 4.79 Å². The van der Waals surface area contributed by atoms with Gasteiger partial charge in [-0.15, -0.1) is 0 Å². The van der Waals surface area contributed by atoms with Gasteiger partial charge in [-0.3, -0.25) is 4.79 Å². The third-order valence-electron chi connectivity index (χ3n) is 2.52. The van der Waals surface area contributed by atoms with Crippen molar-refractivity contribution in [2.75, 3.05) is 25.1 Å². The minimum atomic E-state index is 0.0775. The Hall–Kier alpha value is -0.220. The van der Waals surface area contributed by atoms with Crippen LogP contribution >= 0.6 is 11.8 Å². The Morgan fingerprint density at radius 2 is 2.29 bits per heavy atom. The number of amides is 1. The molecule has 1 amide bonds. The lowest BCUT2D eigenvalue weighted by Gasteiger charge is -2.15. The van der Waals surface area contributed by atoms with Gasteiger partial charge in [0.15, 0.2) is 0 Å². The minimum Gasteiger partial charge on any atom is -0.341 e. The lowest BCUT2D eigenvalue weighted by Crippen LogP contribution is -2.29. The van der Waals surface area contributed by atoms with E-state index < -0.39 is 0 Å². The molecule has 2 N–H and O–H groups in total. The van der Waals surface area contributed by atoms with Crippen molar-refractivity contribution in [1.82, 2.24) is 4.90 Å². The Kier molecular flexibility index (Phi) is 5.33. The number of hydrogen-bond donors (Lipinski definition) is 1. The number of rotatable bonds is 6. The number of carbonyl (C=O) groups excluding carboxylic acids is 1. The quantitative estimate of drug-likeness (QED) is 0.676. The molecule has 0 bridgehead atoms. The summed E-state index contributed by atoms with van der Waals surface area (Å²) in [6, 6.07) is 0.0775. The van der Waals surface area contributed by atoms with Gasteiger partial charge in [-0.05, 0) is 24.9 Å². The third-order valence-corrected chi connectivity index (χ3v) is 3.22. The van der Waals surface area contributed by atoms with Crippen LogP contribution in [-0.4, -0.2) is 41.9 Å². The van der Waals surface area contributed by atoms with Crippen molar-refractivity contribution < 1.29 is 4.79 Å². The first-order chi connectivity index (χ1) is 6.74. The van der Waals surface area contributed by atoms with Gasteiger partial charge in [0.1, 0.15) is 0 Å². The molecule has 3 nitrogen and oxygen atoms in total. The van der Waals surface area contributed by atoms with Crippen LogP contribution < -0.4 is 5.73 Å². The summed E-state index contributed by atoms with van der Waals surface area (Å²) in [6.45, 7) is 1.67. The second kappa shape index (κ2) is 6.30. The van der Waals surface area contributed by atoms with Crippen molar-refractivity contribution in [3.8, 4) is 0 Å². The molecular weight excluding hydrogens is 196 g/mol. The standard InChI is InChI=1S/C10H20N2OS/c1-14-6-4-2-3-5-12-8-9(11)7-10(12)13/h9H,2-8,11H2,1H3. The van der Waals surface area contributed by atoms with Crippen LogP contribution in [0.1, 0.15) is 25.7 Å². The van der Waals surface area contributed by atoms with E-state index in [9.17, 15) is 4.79 Å². The maximum Gasteiger partial charge on any atom is 0.224 e. The highest BCUT2D eigenvalue weighted by Crippen LogP contribution is 2.11. The van der Waals surface area contributed by atoms with Crippen LogP contribution in [0.5, 0.6) is 0 Å². The van der Waals surface area contributed by atoms with Gasteiger partial charge in [0, 0.05) is 25.6 Å². The Morgan fingerprint density at radius 1 is 1.50 bits per heavy atom. The highest BCUT2D eigenvalue weighted by molar-refractivity contribution is 7.98. The molecule has 0 aromatic rings. The maximum atomic E-state index is 11.3. The van der Waals surface area contributed by atoms with E-state index in [1.54, 1.807) is 0 Å². The average molecular weight is 216 g/mol. The molecule has 4 heteroatoms. The number of likely N-dealkylation sites (tertiary alicyclic amines) is 1. The summed E-state index contributed by atoms with van der Waals surface area (Å²) in [7, 11) is 0. The number of nitrogens with two attached hydrogens (primary N) is 1. The van der Waals surface area contributed by atoms with Crippen LogP contribution in [0.4, 0.5) is 0 Å². The predicted molar refractivity (Wildman–Crippen MR) is 61.4 cm³/mol. The highest BCUT2D eigenvalue weighted by Gasteiger charge is 2.25. The Morgan fingerprint density at radius 3 is 2.86 bits per heavy atom. The molecule has 1 heterocycles. The van der Waals surface area contributed by atoms with Crippen LogP contribution in [0, 0.1) is 0 Å². The molecule has 1 unspecified atom stereocenters. The summed E-state index contributed by atoms with van der Waals surface area (Å²) in [5, 5.41) is 0. The first-order valence-electron chi connectivity index (χ1n) is 5.26. The van der Waals surface area contributed by atoms with Crippen molar-refractivity contribution in [2.45, 2.75) is 31.7 Å². The monoisotopic (exact) mass is 216 g/mol. The fraction of sp³-hybridized carbons (Fsp3) is 0.900. The molecule has 0 aromatic carbocycles. The number of thioether (sulfide) groups is 1. The van der Waals surface area contributed by atoms with Crippen molar-refractivity contribution in [3.05, 3.63) is 0 Å². The Balaban J connectivity index is 2.04. The molecule has 82 valence electrons. The molecule has 1 atom stereocenters. The van der Waals surface area contributed by atoms with E-state index >= 15 is 0 Å². The van der Waals surface area contributed by atoms with Gasteiger partial charge >= 0.3 is 0 Å². The van der Waals surface area contributed by atoms with Crippen LogP contribution in [0.3, 0.4) is 0 Å². The summed E-state index contributed by atoms with van der Waals surface area (Å²) in [5.41, 5.74) is 5.70. The van der Waals surface area contributed by atoms with Gasteiger partial charge in [-0.1, -0.05) is 6.42 Å². The molecule has 1 aliphatic heterocycles. The zero-order valence-electron chi connectivity index (χ0n) is 8.87. The molecule has 0 saturated carbocycles. The topological polar surface area (TPSA) is 46.3 Å². The summed E-state index contributed by atoms with van der Waals surface area (Å²) >= 11 is 1.88. The molecule has 0 aliphatic carbocycles. The lowest BCUT2D eigenvalue weighted by molar-refractivity contribution is -0.127. The Labute approximate surface area is 90.4 Å². The number of carbonyl (C=O) groups is 1. The van der Waals surface area contributed by atoms with Crippen LogP contribution in [0.25, 0.3) is 0 Å². The molecule has 1 rings (SSSR count). The molecule has 0 radical (unpaired) electrons. The van der Waals surface area contributed by atoms with Crippen molar-refractivity contribution >= 4 is 17.7 Å². The zero-order valence-corrected chi connectivity index (χ0v) is 9.68. The van der Waals surface area contributed by atoms with Gasteiger partial charge in [-0.25, -0.2) is 0 Å². The summed E-state index contributed by atoms with van der Waals surface area (Å²) in [5.74, 6) is 1.47. The normalized spacial score (nSPS) is 22.0. The first-order valence-corrected chi connectivity index (χ1v) is 6.65. The molecule has 1 fully saturated rings. The van der Waals surface area contributed by atoms with E-state index in [0.717, 1.165) is 19.5 Å². The van der Waals surface area contributed by atoms with Gasteiger partial charge in [-0.2, -0.15) is 11.8 Å². The average Bonchev–Trinajstić information content (AvgIpc) is 2.45. The van der Waals surface area contributed by atoms with Crippen LogP contribution in [0.15, 0.2) is 0 Å². The number of unbranched alkanes of at least 4 members (excludes halogenated alkanes) is 2. The second-order valence-corrected chi connectivity index (χ2v) is 4.84. The lowest BCUT2D eigenvalue weighted by atomic mass is 10.2. The SMILES string of the molecule is CSCCCCCN1CC(N)CC1=O. The molecule has 1 aliphatic rings. The first kappa shape index (κ1) is 11.9. The molecule has 0 spiro atoms. The van der Waals surface area contributed by atoms with E-state index in [1.165, 1.54) is 18.6 Å².